The van der Waals surface area contributed by atoms with E-state index in [0.29, 0.717) is 12.8 Å². The van der Waals surface area contributed by atoms with Crippen molar-refractivity contribution >= 4 is 0 Å². The fourth-order valence-electron chi connectivity index (χ4n) is 4.47. The summed E-state index contributed by atoms with van der Waals surface area (Å²) in [4.78, 5) is 2.20. The van der Waals surface area contributed by atoms with Crippen molar-refractivity contribution in [1.82, 2.24) is 4.90 Å². The van der Waals surface area contributed by atoms with E-state index >= 15 is 0 Å². The fourth-order valence-corrected chi connectivity index (χ4v) is 4.47. The van der Waals surface area contributed by atoms with Crippen LogP contribution in [0.2, 0.25) is 0 Å². The van der Waals surface area contributed by atoms with Crippen LogP contribution in [-0.4, -0.2) is 18.0 Å². The highest BCUT2D eigenvalue weighted by molar-refractivity contribution is 5.42. The lowest BCUT2D eigenvalue weighted by atomic mass is 9.59. The van der Waals surface area contributed by atoms with Crippen molar-refractivity contribution in [3.05, 3.63) is 71.3 Å². The Balaban J connectivity index is 1.83. The molecule has 0 aliphatic heterocycles. The Morgan fingerprint density at radius 2 is 1.63 bits per heavy atom. The molecule has 0 saturated heterocycles. The van der Waals surface area contributed by atoms with Crippen LogP contribution in [-0.2, 0) is 18.1 Å². The van der Waals surface area contributed by atoms with Crippen LogP contribution in [0.25, 0.3) is 0 Å². The molecule has 0 heterocycles. The van der Waals surface area contributed by atoms with E-state index in [0.717, 1.165) is 31.9 Å². The first-order chi connectivity index (χ1) is 14.3. The molecule has 1 aliphatic rings. The first-order valence-electron chi connectivity index (χ1n) is 10.6. The molecule has 1 saturated carbocycles. The molecule has 0 bridgehead atoms. The molecule has 160 valence electrons. The van der Waals surface area contributed by atoms with Crippen molar-refractivity contribution in [3.63, 3.8) is 0 Å². The van der Waals surface area contributed by atoms with E-state index in [1.165, 1.54) is 17.7 Å². The van der Waals surface area contributed by atoms with Crippen molar-refractivity contribution in [2.24, 2.45) is 5.92 Å². The average molecular weight is 415 g/mol. The third-order valence-corrected chi connectivity index (χ3v) is 6.70. The van der Waals surface area contributed by atoms with E-state index in [1.54, 1.807) is 6.07 Å². The summed E-state index contributed by atoms with van der Waals surface area (Å²) in [6.45, 7) is 2.85. The first-order valence-corrected chi connectivity index (χ1v) is 10.6. The zero-order chi connectivity index (χ0) is 21.8. The lowest BCUT2D eigenvalue weighted by molar-refractivity contribution is -0.139. The average Bonchev–Trinajstić information content (AvgIpc) is 2.69. The minimum atomic E-state index is -4.46. The molecule has 2 aromatic carbocycles. The molecule has 0 radical (unpaired) electrons. The molecule has 2 aromatic rings. The Bertz CT molecular complexity index is 868. The highest BCUT2D eigenvalue weighted by atomic mass is 19.4. The summed E-state index contributed by atoms with van der Waals surface area (Å²) in [6.07, 6.45) is -0.757. The standard InChI is InChI=1S/C25H29F3N2/c1-19(30(2)17-20-9-4-3-5-10-20)15-16-24(18-29,21-11-8-12-21)22-13-6-7-14-23(22)25(26,27)28/h3-7,9-10,13-14,19,21H,8,11-12,15-17H2,1-2H3. The molecule has 5 heteroatoms. The maximum Gasteiger partial charge on any atom is 0.416 e. The highest BCUT2D eigenvalue weighted by Gasteiger charge is 2.48. The summed E-state index contributed by atoms with van der Waals surface area (Å²) < 4.78 is 41.3. The van der Waals surface area contributed by atoms with Gasteiger partial charge >= 0.3 is 6.18 Å². The van der Waals surface area contributed by atoms with Crippen LogP contribution >= 0.6 is 0 Å². The van der Waals surface area contributed by atoms with Gasteiger partial charge in [0.2, 0.25) is 0 Å². The zero-order valence-electron chi connectivity index (χ0n) is 17.6. The van der Waals surface area contributed by atoms with E-state index in [9.17, 15) is 18.4 Å². The second-order valence-electron chi connectivity index (χ2n) is 8.54. The van der Waals surface area contributed by atoms with Gasteiger partial charge in [0.15, 0.2) is 0 Å². The smallest absolute Gasteiger partial charge is 0.299 e. The number of halogens is 3. The van der Waals surface area contributed by atoms with Gasteiger partial charge < -0.3 is 0 Å². The van der Waals surface area contributed by atoms with Crippen LogP contribution in [0.3, 0.4) is 0 Å². The van der Waals surface area contributed by atoms with Gasteiger partial charge in [-0.1, -0.05) is 55.0 Å². The molecule has 0 N–H and O–H groups in total. The fraction of sp³-hybridized carbons (Fsp3) is 0.480. The zero-order valence-corrected chi connectivity index (χ0v) is 17.6. The SMILES string of the molecule is CC(CCC(C#N)(c1ccccc1C(F)(F)F)C1CCC1)N(C)Cc1ccccc1. The molecule has 0 spiro atoms. The minimum absolute atomic E-state index is 0.0161. The molecule has 0 amide bonds. The predicted molar refractivity (Wildman–Crippen MR) is 113 cm³/mol. The number of hydrogen-bond donors (Lipinski definition) is 0. The van der Waals surface area contributed by atoms with Crippen molar-refractivity contribution in [3.8, 4) is 6.07 Å². The molecular formula is C25H29F3N2. The van der Waals surface area contributed by atoms with Gasteiger partial charge in [-0.15, -0.1) is 0 Å². The van der Waals surface area contributed by atoms with Crippen molar-refractivity contribution in [1.29, 1.82) is 5.26 Å². The van der Waals surface area contributed by atoms with Crippen LogP contribution in [0.15, 0.2) is 54.6 Å². The molecule has 2 unspecified atom stereocenters. The Hall–Kier alpha value is -2.32. The number of rotatable bonds is 8. The summed E-state index contributed by atoms with van der Waals surface area (Å²) in [7, 11) is 2.03. The number of benzene rings is 2. The predicted octanol–water partition coefficient (Wildman–Crippen LogP) is 6.57. The number of hydrogen-bond acceptors (Lipinski definition) is 2. The third kappa shape index (κ3) is 4.70. The summed E-state index contributed by atoms with van der Waals surface area (Å²) in [5, 5.41) is 10.2. The number of nitriles is 1. The van der Waals surface area contributed by atoms with Gasteiger partial charge in [-0.2, -0.15) is 18.4 Å². The Morgan fingerprint density at radius 1 is 1.03 bits per heavy atom. The molecule has 2 nitrogen and oxygen atoms in total. The Morgan fingerprint density at radius 3 is 2.17 bits per heavy atom. The summed E-state index contributed by atoms with van der Waals surface area (Å²) in [6, 6.07) is 18.3. The highest BCUT2D eigenvalue weighted by Crippen LogP contribution is 2.50. The second kappa shape index (κ2) is 9.22. The Labute approximate surface area is 177 Å². The molecule has 2 atom stereocenters. The topological polar surface area (TPSA) is 27.0 Å². The van der Waals surface area contributed by atoms with Crippen LogP contribution in [0, 0.1) is 17.2 Å². The van der Waals surface area contributed by atoms with Crippen molar-refractivity contribution in [2.45, 2.75) is 63.2 Å². The molecule has 3 rings (SSSR count). The van der Waals surface area contributed by atoms with Crippen LogP contribution in [0.1, 0.15) is 55.7 Å². The molecule has 0 aromatic heterocycles. The van der Waals surface area contributed by atoms with E-state index in [4.69, 9.17) is 0 Å². The number of alkyl halides is 3. The van der Waals surface area contributed by atoms with Gasteiger partial charge in [0.05, 0.1) is 17.0 Å². The lowest BCUT2D eigenvalue weighted by Crippen LogP contribution is -2.41. The summed E-state index contributed by atoms with van der Waals surface area (Å²) in [5.41, 5.74) is -0.405. The normalized spacial score (nSPS) is 17.8. The van der Waals surface area contributed by atoms with E-state index in [-0.39, 0.29) is 17.5 Å². The van der Waals surface area contributed by atoms with Gasteiger partial charge in [-0.3, -0.25) is 4.90 Å². The maximum absolute atomic E-state index is 13.8. The van der Waals surface area contributed by atoms with Gasteiger partial charge in [-0.25, -0.2) is 0 Å². The molecule has 30 heavy (non-hydrogen) atoms. The van der Waals surface area contributed by atoms with Gasteiger partial charge in [0.25, 0.3) is 0 Å². The van der Waals surface area contributed by atoms with Crippen LogP contribution in [0.4, 0.5) is 13.2 Å². The quantitative estimate of drug-likeness (QED) is 0.489. The van der Waals surface area contributed by atoms with E-state index < -0.39 is 17.2 Å². The lowest BCUT2D eigenvalue weighted by Gasteiger charge is -2.43. The third-order valence-electron chi connectivity index (χ3n) is 6.70. The van der Waals surface area contributed by atoms with Gasteiger partial charge in [0, 0.05) is 12.6 Å². The molecular weight excluding hydrogens is 385 g/mol. The Kier molecular flexibility index (Phi) is 6.88. The molecule has 1 fully saturated rings. The van der Waals surface area contributed by atoms with E-state index in [2.05, 4.69) is 30.0 Å². The molecule has 1 aliphatic carbocycles. The van der Waals surface area contributed by atoms with E-state index in [1.807, 2.05) is 25.2 Å². The number of nitrogens with zero attached hydrogens (tertiary/aromatic N) is 2. The second-order valence-corrected chi connectivity index (χ2v) is 8.54. The summed E-state index contributed by atoms with van der Waals surface area (Å²) in [5.74, 6) is -0.0161. The largest absolute Gasteiger partial charge is 0.416 e. The van der Waals surface area contributed by atoms with Crippen LogP contribution < -0.4 is 0 Å². The van der Waals surface area contributed by atoms with Gasteiger partial charge in [0.1, 0.15) is 0 Å². The van der Waals surface area contributed by atoms with Crippen molar-refractivity contribution in [2.75, 3.05) is 7.05 Å². The monoisotopic (exact) mass is 414 g/mol. The first kappa shape index (κ1) is 22.4. The summed E-state index contributed by atoms with van der Waals surface area (Å²) >= 11 is 0. The maximum atomic E-state index is 13.8. The van der Waals surface area contributed by atoms with Crippen molar-refractivity contribution < 1.29 is 13.2 Å². The van der Waals surface area contributed by atoms with Gasteiger partial charge in [-0.05, 0) is 62.8 Å². The van der Waals surface area contributed by atoms with Crippen LogP contribution in [0.5, 0.6) is 0 Å². The minimum Gasteiger partial charge on any atom is -0.299 e.